The molecule has 0 aliphatic carbocycles. The zero-order valence-corrected chi connectivity index (χ0v) is 11.5. The Labute approximate surface area is 121 Å². The molecule has 0 radical (unpaired) electrons. The summed E-state index contributed by atoms with van der Waals surface area (Å²) in [6, 6.07) is 9.08. The van der Waals surface area contributed by atoms with Crippen molar-refractivity contribution in [3.8, 4) is 0 Å². The molecule has 108 valence electrons. The Morgan fingerprint density at radius 2 is 1.67 bits per heavy atom. The van der Waals surface area contributed by atoms with E-state index in [9.17, 15) is 19.2 Å². The monoisotopic (exact) mass is 286 g/mol. The summed E-state index contributed by atoms with van der Waals surface area (Å²) in [5.74, 6) is -3.78. The highest BCUT2D eigenvalue weighted by molar-refractivity contribution is 6.19. The zero-order valence-electron chi connectivity index (χ0n) is 11.5. The number of hydrogen-bond donors (Lipinski definition) is 0. The molecule has 0 bridgehead atoms. The summed E-state index contributed by atoms with van der Waals surface area (Å²) in [6.07, 6.45) is -0.0852. The van der Waals surface area contributed by atoms with Gasteiger partial charge in [-0.3, -0.25) is 29.0 Å². The molecule has 1 aromatic rings. The minimum absolute atomic E-state index is 0.0852. The lowest BCUT2D eigenvalue weighted by Crippen LogP contribution is -2.49. The number of piperidine rings is 1. The molecule has 0 aromatic heterocycles. The second-order valence-corrected chi connectivity index (χ2v) is 5.33. The number of carbonyl (C=O) groups excluding carboxylic acids is 4. The first kappa shape index (κ1) is 13.5. The SMILES string of the molecule is CN1C(=O)[C@@H]2C(=O)N(Cc3ccccc3)C(=O)C[C@@H]2C1=O. The number of rotatable bonds is 2. The van der Waals surface area contributed by atoms with Crippen molar-refractivity contribution in [1.82, 2.24) is 9.80 Å². The first-order valence-corrected chi connectivity index (χ1v) is 6.70. The number of imide groups is 2. The summed E-state index contributed by atoms with van der Waals surface area (Å²) >= 11 is 0. The van der Waals surface area contributed by atoms with E-state index in [2.05, 4.69) is 0 Å². The van der Waals surface area contributed by atoms with Gasteiger partial charge in [-0.05, 0) is 5.56 Å². The van der Waals surface area contributed by atoms with Crippen LogP contribution < -0.4 is 0 Å². The lowest BCUT2D eigenvalue weighted by atomic mass is 9.86. The van der Waals surface area contributed by atoms with Crippen molar-refractivity contribution in [1.29, 1.82) is 0 Å². The molecule has 2 saturated heterocycles. The van der Waals surface area contributed by atoms with Crippen LogP contribution in [-0.2, 0) is 25.7 Å². The maximum absolute atomic E-state index is 12.4. The maximum atomic E-state index is 12.4. The molecule has 2 fully saturated rings. The number of hydrogen-bond acceptors (Lipinski definition) is 4. The Kier molecular flexibility index (Phi) is 3.08. The van der Waals surface area contributed by atoms with Crippen molar-refractivity contribution in [3.05, 3.63) is 35.9 Å². The van der Waals surface area contributed by atoms with Gasteiger partial charge in [0.2, 0.25) is 23.6 Å². The summed E-state index contributed by atoms with van der Waals surface area (Å²) in [4.78, 5) is 50.5. The highest BCUT2D eigenvalue weighted by Gasteiger charge is 2.55. The normalized spacial score (nSPS) is 25.6. The second kappa shape index (κ2) is 4.80. The van der Waals surface area contributed by atoms with E-state index in [4.69, 9.17) is 0 Å². The van der Waals surface area contributed by atoms with Crippen molar-refractivity contribution in [2.45, 2.75) is 13.0 Å². The molecule has 0 unspecified atom stereocenters. The molecule has 0 N–H and O–H groups in total. The average molecular weight is 286 g/mol. The quantitative estimate of drug-likeness (QED) is 0.574. The fourth-order valence-electron chi connectivity index (χ4n) is 2.88. The lowest BCUT2D eigenvalue weighted by molar-refractivity contribution is -0.157. The van der Waals surface area contributed by atoms with E-state index >= 15 is 0 Å². The number of likely N-dealkylation sites (tertiary alicyclic amines) is 2. The zero-order chi connectivity index (χ0) is 15.1. The number of benzene rings is 1. The molecule has 2 aliphatic rings. The van der Waals surface area contributed by atoms with Gasteiger partial charge >= 0.3 is 0 Å². The van der Waals surface area contributed by atoms with Crippen LogP contribution in [-0.4, -0.2) is 40.5 Å². The summed E-state index contributed by atoms with van der Waals surface area (Å²) < 4.78 is 0. The Bertz CT molecular complexity index is 640. The van der Waals surface area contributed by atoms with Crippen molar-refractivity contribution < 1.29 is 19.2 Å². The van der Waals surface area contributed by atoms with E-state index in [0.717, 1.165) is 15.4 Å². The molecular formula is C15H14N2O4. The van der Waals surface area contributed by atoms with E-state index < -0.39 is 35.5 Å². The van der Waals surface area contributed by atoms with Gasteiger partial charge in [0, 0.05) is 13.5 Å². The molecule has 2 atom stereocenters. The molecule has 21 heavy (non-hydrogen) atoms. The number of amides is 4. The third kappa shape index (κ3) is 2.03. The van der Waals surface area contributed by atoms with Crippen LogP contribution in [0.25, 0.3) is 0 Å². The number of fused-ring (bicyclic) bond motifs is 1. The van der Waals surface area contributed by atoms with E-state index in [-0.39, 0.29) is 13.0 Å². The molecule has 1 aromatic carbocycles. The topological polar surface area (TPSA) is 74.8 Å². The van der Waals surface area contributed by atoms with E-state index in [0.29, 0.717) is 0 Å². The Morgan fingerprint density at radius 1 is 1.00 bits per heavy atom. The molecule has 4 amide bonds. The molecule has 2 aliphatic heterocycles. The van der Waals surface area contributed by atoms with E-state index in [1.807, 2.05) is 18.2 Å². The van der Waals surface area contributed by atoms with Crippen LogP contribution in [0.4, 0.5) is 0 Å². The number of nitrogens with zero attached hydrogens (tertiary/aromatic N) is 2. The first-order valence-electron chi connectivity index (χ1n) is 6.70. The van der Waals surface area contributed by atoms with Gasteiger partial charge < -0.3 is 0 Å². The average Bonchev–Trinajstić information content (AvgIpc) is 2.69. The van der Waals surface area contributed by atoms with Crippen LogP contribution in [0.15, 0.2) is 30.3 Å². The highest BCUT2D eigenvalue weighted by Crippen LogP contribution is 2.34. The minimum Gasteiger partial charge on any atom is -0.285 e. The Morgan fingerprint density at radius 3 is 2.33 bits per heavy atom. The van der Waals surface area contributed by atoms with Crippen molar-refractivity contribution >= 4 is 23.6 Å². The molecule has 0 spiro atoms. The van der Waals surface area contributed by atoms with Crippen LogP contribution in [0, 0.1) is 11.8 Å². The van der Waals surface area contributed by atoms with Gasteiger partial charge in [0.05, 0.1) is 12.5 Å². The highest BCUT2D eigenvalue weighted by atomic mass is 16.2. The predicted octanol–water partition coefficient (Wildman–Crippen LogP) is 0.176. The molecule has 3 rings (SSSR count). The lowest BCUT2D eigenvalue weighted by Gasteiger charge is -2.30. The van der Waals surface area contributed by atoms with E-state index in [1.165, 1.54) is 7.05 Å². The van der Waals surface area contributed by atoms with Crippen LogP contribution in [0.1, 0.15) is 12.0 Å². The summed E-state index contributed by atoms with van der Waals surface area (Å²) in [5.41, 5.74) is 0.808. The predicted molar refractivity (Wildman–Crippen MR) is 71.4 cm³/mol. The fraction of sp³-hybridized carbons (Fsp3) is 0.333. The number of carbonyl (C=O) groups is 4. The molecule has 2 heterocycles. The first-order chi connectivity index (χ1) is 10.0. The molecule has 0 saturated carbocycles. The van der Waals surface area contributed by atoms with E-state index in [1.54, 1.807) is 12.1 Å². The third-order valence-electron chi connectivity index (χ3n) is 4.06. The van der Waals surface area contributed by atoms with Gasteiger partial charge in [0.15, 0.2) is 0 Å². The third-order valence-corrected chi connectivity index (χ3v) is 4.06. The largest absolute Gasteiger partial charge is 0.285 e. The van der Waals surface area contributed by atoms with Gasteiger partial charge in [-0.2, -0.15) is 0 Å². The molecular weight excluding hydrogens is 272 g/mol. The van der Waals surface area contributed by atoms with Gasteiger partial charge in [-0.1, -0.05) is 30.3 Å². The maximum Gasteiger partial charge on any atom is 0.242 e. The Hall–Kier alpha value is -2.50. The van der Waals surface area contributed by atoms with Gasteiger partial charge in [-0.15, -0.1) is 0 Å². The van der Waals surface area contributed by atoms with Crippen LogP contribution in [0.5, 0.6) is 0 Å². The van der Waals surface area contributed by atoms with Gasteiger partial charge in [0.25, 0.3) is 0 Å². The van der Waals surface area contributed by atoms with Crippen molar-refractivity contribution in [3.63, 3.8) is 0 Å². The van der Waals surface area contributed by atoms with Crippen LogP contribution >= 0.6 is 0 Å². The summed E-state index contributed by atoms with van der Waals surface area (Å²) in [7, 11) is 1.35. The van der Waals surface area contributed by atoms with Crippen molar-refractivity contribution in [2.24, 2.45) is 11.8 Å². The van der Waals surface area contributed by atoms with Gasteiger partial charge in [0.1, 0.15) is 5.92 Å². The molecule has 6 nitrogen and oxygen atoms in total. The van der Waals surface area contributed by atoms with Crippen molar-refractivity contribution in [2.75, 3.05) is 7.05 Å². The standard InChI is InChI=1S/C15H14N2O4/c1-16-13(19)10-7-11(18)17(15(21)12(10)14(16)20)8-9-5-3-2-4-6-9/h2-6,10,12H,7-8H2,1H3/t10-,12+/m0/s1. The second-order valence-electron chi connectivity index (χ2n) is 5.33. The van der Waals surface area contributed by atoms with Crippen LogP contribution in [0.3, 0.4) is 0 Å². The van der Waals surface area contributed by atoms with Crippen LogP contribution in [0.2, 0.25) is 0 Å². The smallest absolute Gasteiger partial charge is 0.242 e. The molecule has 6 heteroatoms. The fourth-order valence-corrected chi connectivity index (χ4v) is 2.88. The Balaban J connectivity index is 1.88. The van der Waals surface area contributed by atoms with Gasteiger partial charge in [-0.25, -0.2) is 0 Å². The summed E-state index contributed by atoms with van der Waals surface area (Å²) in [5, 5.41) is 0. The minimum atomic E-state index is -1.04. The summed E-state index contributed by atoms with van der Waals surface area (Å²) in [6.45, 7) is 0.132.